The van der Waals surface area contributed by atoms with Crippen LogP contribution in [-0.2, 0) is 5.41 Å². The normalized spacial score (nSPS) is 13.9. The van der Waals surface area contributed by atoms with E-state index in [9.17, 15) is 0 Å². The summed E-state index contributed by atoms with van der Waals surface area (Å²) >= 11 is 0. The Labute approximate surface area is 351 Å². The molecule has 10 aromatic carbocycles. The van der Waals surface area contributed by atoms with Crippen molar-refractivity contribution >= 4 is 67.0 Å². The molecule has 1 heterocycles. The molecule has 0 radical (unpaired) electrons. The van der Waals surface area contributed by atoms with E-state index in [1.165, 1.54) is 87.8 Å². The summed E-state index contributed by atoms with van der Waals surface area (Å²) in [5, 5.41) is 7.66. The molecule has 0 bridgehead atoms. The highest BCUT2D eigenvalue weighted by molar-refractivity contribution is 6.87. The fourth-order valence-corrected chi connectivity index (χ4v) is 10.6. The zero-order chi connectivity index (χ0) is 40.0. The summed E-state index contributed by atoms with van der Waals surface area (Å²) in [6, 6.07) is 72.1. The van der Waals surface area contributed by atoms with Crippen molar-refractivity contribution in [1.29, 1.82) is 0 Å². The smallest absolute Gasteiger partial charge is 0.218 e. The Hall–Kier alpha value is -7.10. The van der Waals surface area contributed by atoms with Crippen molar-refractivity contribution in [2.45, 2.75) is 25.6 Å². The Kier molecular flexibility index (Phi) is 7.84. The second-order valence-electron chi connectivity index (χ2n) is 17.1. The lowest BCUT2D eigenvalue weighted by Gasteiger charge is -2.32. The van der Waals surface area contributed by atoms with Crippen LogP contribution in [0.25, 0.3) is 65.7 Å². The van der Waals surface area contributed by atoms with Gasteiger partial charge >= 0.3 is 0 Å². The summed E-state index contributed by atoms with van der Waals surface area (Å²) in [7, 11) is 0. The number of nitrogens with zero attached hydrogens (tertiary/aromatic N) is 1. The van der Waals surface area contributed by atoms with Gasteiger partial charge in [0.15, 0.2) is 0 Å². The van der Waals surface area contributed by atoms with Crippen molar-refractivity contribution < 1.29 is 4.74 Å². The molecular weight excluding hydrogens is 725 g/mol. The highest BCUT2D eigenvalue weighted by atomic mass is 16.5. The standard InChI is InChI=1S/C57H42BNO/c1-57(2)49-21-10-9-19-46(49)55-48(45-20-12-22-52-56(45)58(33-34-60-52)42-17-7-4-8-18-42)35-44(36-50(55)57)59(43-29-25-38(26-30-43)37-13-5-3-6-14-37)51-32-28-41-24-23-39-15-11-16-40-27-31-47(51)54(41)53(39)40/h3-32,35-36H,33-34H2,1-2H3. The van der Waals surface area contributed by atoms with Crippen LogP contribution in [0.3, 0.4) is 0 Å². The molecule has 2 aliphatic rings. The number of rotatable bonds is 6. The number of ether oxygens (including phenoxy) is 1. The average Bonchev–Trinajstić information content (AvgIpc) is 3.54. The minimum atomic E-state index is -0.230. The topological polar surface area (TPSA) is 12.5 Å². The molecule has 1 aliphatic heterocycles. The third-order valence-electron chi connectivity index (χ3n) is 13.5. The Balaban J connectivity index is 1.16. The SMILES string of the molecule is CC1(C)c2ccccc2-c2c(-c3cccc4c3B(c3ccccc3)CCO4)cc(N(c3ccc(-c4ccccc4)cc3)c3ccc4ccc5cccc6ccc3c4c56)cc21. The van der Waals surface area contributed by atoms with Crippen LogP contribution in [0.5, 0.6) is 5.75 Å². The van der Waals surface area contributed by atoms with Gasteiger partial charge in [0.05, 0.1) is 12.3 Å². The van der Waals surface area contributed by atoms with E-state index < -0.39 is 0 Å². The van der Waals surface area contributed by atoms with Crippen LogP contribution < -0.4 is 20.6 Å². The van der Waals surface area contributed by atoms with Crippen LogP contribution in [0.15, 0.2) is 194 Å². The fourth-order valence-electron chi connectivity index (χ4n) is 10.6. The van der Waals surface area contributed by atoms with Crippen molar-refractivity contribution in [1.82, 2.24) is 0 Å². The van der Waals surface area contributed by atoms with E-state index in [0.717, 1.165) is 29.1 Å². The van der Waals surface area contributed by atoms with Crippen molar-refractivity contribution in [3.63, 3.8) is 0 Å². The maximum absolute atomic E-state index is 6.52. The van der Waals surface area contributed by atoms with Gasteiger partial charge in [-0.3, -0.25) is 0 Å². The molecule has 1 aliphatic carbocycles. The van der Waals surface area contributed by atoms with Crippen LogP contribution in [0.2, 0.25) is 6.32 Å². The number of fused-ring (bicyclic) bond motifs is 4. The molecule has 0 saturated carbocycles. The molecule has 0 N–H and O–H groups in total. The second kappa shape index (κ2) is 13.5. The minimum absolute atomic E-state index is 0.217. The van der Waals surface area contributed by atoms with Gasteiger partial charge in [-0.2, -0.15) is 0 Å². The van der Waals surface area contributed by atoms with Gasteiger partial charge in [0.1, 0.15) is 5.75 Å². The lowest BCUT2D eigenvalue weighted by Crippen LogP contribution is -2.47. The minimum Gasteiger partial charge on any atom is -0.495 e. The van der Waals surface area contributed by atoms with Gasteiger partial charge in [-0.05, 0) is 120 Å². The van der Waals surface area contributed by atoms with Gasteiger partial charge in [-0.25, -0.2) is 0 Å². The molecule has 10 aromatic rings. The van der Waals surface area contributed by atoms with Gasteiger partial charge in [0, 0.05) is 22.2 Å². The molecule has 0 amide bonds. The molecule has 284 valence electrons. The third-order valence-corrected chi connectivity index (χ3v) is 13.5. The molecule has 3 heteroatoms. The average molecular weight is 768 g/mol. The zero-order valence-electron chi connectivity index (χ0n) is 33.8. The summed E-state index contributed by atoms with van der Waals surface area (Å²) in [6.45, 7) is 5.72. The monoisotopic (exact) mass is 767 g/mol. The van der Waals surface area contributed by atoms with Gasteiger partial charge in [0.2, 0.25) is 6.71 Å². The van der Waals surface area contributed by atoms with E-state index in [4.69, 9.17) is 4.74 Å². The molecule has 12 rings (SSSR count). The Morgan fingerprint density at radius 1 is 0.500 bits per heavy atom. The molecule has 0 aromatic heterocycles. The quantitative estimate of drug-likeness (QED) is 0.123. The van der Waals surface area contributed by atoms with E-state index in [0.29, 0.717) is 6.61 Å². The third kappa shape index (κ3) is 5.28. The number of anilines is 3. The highest BCUT2D eigenvalue weighted by Gasteiger charge is 2.39. The van der Waals surface area contributed by atoms with E-state index >= 15 is 0 Å². The number of hydrogen-bond donors (Lipinski definition) is 0. The van der Waals surface area contributed by atoms with Crippen LogP contribution in [0.1, 0.15) is 25.0 Å². The molecule has 0 saturated heterocycles. The van der Waals surface area contributed by atoms with Gasteiger partial charge in [-0.15, -0.1) is 0 Å². The van der Waals surface area contributed by atoms with Crippen molar-refractivity contribution in [2.75, 3.05) is 11.5 Å². The maximum Gasteiger partial charge on any atom is 0.218 e. The number of benzene rings is 10. The molecule has 60 heavy (non-hydrogen) atoms. The van der Waals surface area contributed by atoms with Crippen molar-refractivity contribution in [3.8, 4) is 39.1 Å². The van der Waals surface area contributed by atoms with E-state index in [-0.39, 0.29) is 12.1 Å². The lowest BCUT2D eigenvalue weighted by molar-refractivity contribution is 0.337. The summed E-state index contributed by atoms with van der Waals surface area (Å²) in [5.74, 6) is 0.984. The first-order chi connectivity index (χ1) is 29.5. The van der Waals surface area contributed by atoms with Crippen LogP contribution in [0.4, 0.5) is 17.1 Å². The van der Waals surface area contributed by atoms with Crippen LogP contribution in [-0.4, -0.2) is 13.3 Å². The molecule has 0 fully saturated rings. The molecule has 0 spiro atoms. The largest absolute Gasteiger partial charge is 0.495 e. The first-order valence-electron chi connectivity index (χ1n) is 21.2. The maximum atomic E-state index is 6.52. The predicted octanol–water partition coefficient (Wildman–Crippen LogP) is 13.7. The van der Waals surface area contributed by atoms with Gasteiger partial charge < -0.3 is 9.64 Å². The van der Waals surface area contributed by atoms with E-state index in [1.54, 1.807) is 0 Å². The summed E-state index contributed by atoms with van der Waals surface area (Å²) in [4.78, 5) is 2.52. The summed E-state index contributed by atoms with van der Waals surface area (Å²) in [5.41, 5.74) is 16.0. The lowest BCUT2D eigenvalue weighted by atomic mass is 9.37. The highest BCUT2D eigenvalue weighted by Crippen LogP contribution is 2.55. The van der Waals surface area contributed by atoms with Gasteiger partial charge in [-0.1, -0.05) is 177 Å². The Bertz CT molecular complexity index is 3250. The Morgan fingerprint density at radius 3 is 1.95 bits per heavy atom. The molecule has 0 atom stereocenters. The summed E-state index contributed by atoms with van der Waals surface area (Å²) in [6.07, 6.45) is 0.931. The van der Waals surface area contributed by atoms with Crippen molar-refractivity contribution in [3.05, 3.63) is 205 Å². The van der Waals surface area contributed by atoms with E-state index in [2.05, 4.69) is 213 Å². The van der Waals surface area contributed by atoms with Crippen LogP contribution in [0, 0.1) is 0 Å². The molecule has 2 nitrogen and oxygen atoms in total. The second-order valence-corrected chi connectivity index (χ2v) is 17.1. The van der Waals surface area contributed by atoms with E-state index in [1.807, 2.05) is 0 Å². The van der Waals surface area contributed by atoms with Crippen molar-refractivity contribution in [2.24, 2.45) is 0 Å². The molecule has 0 unspecified atom stereocenters. The zero-order valence-corrected chi connectivity index (χ0v) is 33.8. The molecular formula is C57H42BNO. The first kappa shape index (κ1) is 34.9. The van der Waals surface area contributed by atoms with Crippen LogP contribution >= 0.6 is 0 Å². The summed E-state index contributed by atoms with van der Waals surface area (Å²) < 4.78 is 6.52. The first-order valence-corrected chi connectivity index (χ1v) is 21.2. The fraction of sp³-hybridized carbons (Fsp3) is 0.0877. The Morgan fingerprint density at radius 2 is 1.15 bits per heavy atom. The predicted molar refractivity (Wildman–Crippen MR) is 255 cm³/mol. The van der Waals surface area contributed by atoms with Gasteiger partial charge in [0.25, 0.3) is 0 Å². The number of hydrogen-bond acceptors (Lipinski definition) is 2.